The topological polar surface area (TPSA) is 46.5 Å². The van der Waals surface area contributed by atoms with Gasteiger partial charge in [-0.05, 0) is 30.9 Å². The van der Waals surface area contributed by atoms with Crippen molar-refractivity contribution in [2.24, 2.45) is 0 Å². The molecule has 0 aliphatic carbocycles. The molecule has 80 valence electrons. The van der Waals surface area contributed by atoms with Crippen LogP contribution < -0.4 is 0 Å². The average molecular weight is 206 g/mol. The van der Waals surface area contributed by atoms with Crippen molar-refractivity contribution in [3.05, 3.63) is 34.9 Å². The molecule has 0 atom stereocenters. The molecule has 1 aliphatic heterocycles. The lowest BCUT2D eigenvalue weighted by Gasteiger charge is -2.01. The molecular formula is C12H14O3. The van der Waals surface area contributed by atoms with Gasteiger partial charge in [0.15, 0.2) is 0 Å². The highest BCUT2D eigenvalue weighted by Crippen LogP contribution is 2.21. The van der Waals surface area contributed by atoms with Gasteiger partial charge in [0.05, 0.1) is 5.56 Å². The molecule has 2 rings (SSSR count). The van der Waals surface area contributed by atoms with E-state index >= 15 is 0 Å². The fourth-order valence-corrected chi connectivity index (χ4v) is 1.78. The van der Waals surface area contributed by atoms with Crippen LogP contribution in [0.1, 0.15) is 34.3 Å². The maximum atomic E-state index is 11.2. The van der Waals surface area contributed by atoms with Crippen molar-refractivity contribution in [2.75, 3.05) is 6.61 Å². The Hall–Kier alpha value is -1.35. The summed E-state index contributed by atoms with van der Waals surface area (Å²) in [6.45, 7) is 0.647. The molecule has 1 aromatic carbocycles. The van der Waals surface area contributed by atoms with Crippen LogP contribution in [0.15, 0.2) is 18.2 Å². The number of fused-ring (bicyclic) bond motifs is 1. The SMILES string of the molecule is O=C1OCc2cc(CCCCO)ccc21. The van der Waals surface area contributed by atoms with Crippen LogP contribution in [0.4, 0.5) is 0 Å². The molecule has 0 bridgehead atoms. The van der Waals surface area contributed by atoms with Crippen molar-refractivity contribution in [3.63, 3.8) is 0 Å². The van der Waals surface area contributed by atoms with Gasteiger partial charge in [0.2, 0.25) is 0 Å². The number of hydrogen-bond donors (Lipinski definition) is 1. The van der Waals surface area contributed by atoms with E-state index in [1.165, 1.54) is 5.56 Å². The highest BCUT2D eigenvalue weighted by atomic mass is 16.5. The highest BCUT2D eigenvalue weighted by molar-refractivity contribution is 5.93. The third-order valence-electron chi connectivity index (χ3n) is 2.62. The number of rotatable bonds is 4. The second-order valence-electron chi connectivity index (χ2n) is 3.75. The second kappa shape index (κ2) is 4.45. The zero-order valence-corrected chi connectivity index (χ0v) is 8.53. The lowest BCUT2D eigenvalue weighted by molar-refractivity contribution is 0.0535. The third kappa shape index (κ3) is 2.18. The van der Waals surface area contributed by atoms with E-state index < -0.39 is 0 Å². The number of cyclic esters (lactones) is 1. The molecule has 1 N–H and O–H groups in total. The van der Waals surface area contributed by atoms with Gasteiger partial charge in [-0.25, -0.2) is 4.79 Å². The predicted octanol–water partition coefficient (Wildman–Crippen LogP) is 1.67. The Labute approximate surface area is 88.7 Å². The van der Waals surface area contributed by atoms with Gasteiger partial charge in [-0.1, -0.05) is 12.1 Å². The number of aryl methyl sites for hydroxylation is 1. The number of carbonyl (C=O) groups is 1. The molecule has 0 saturated heterocycles. The number of ether oxygens (including phenoxy) is 1. The first kappa shape index (κ1) is 10.2. The van der Waals surface area contributed by atoms with Crippen molar-refractivity contribution in [3.8, 4) is 0 Å². The Morgan fingerprint density at radius 3 is 3.00 bits per heavy atom. The number of hydrogen-bond acceptors (Lipinski definition) is 3. The summed E-state index contributed by atoms with van der Waals surface area (Å²) in [6, 6.07) is 5.82. The molecular weight excluding hydrogens is 192 g/mol. The Bertz CT molecular complexity index is 371. The summed E-state index contributed by atoms with van der Waals surface area (Å²) in [6.07, 6.45) is 2.75. The molecule has 0 amide bonds. The van der Waals surface area contributed by atoms with Gasteiger partial charge in [0, 0.05) is 12.2 Å². The Balaban J connectivity index is 2.06. The largest absolute Gasteiger partial charge is 0.457 e. The molecule has 0 radical (unpaired) electrons. The third-order valence-corrected chi connectivity index (χ3v) is 2.62. The predicted molar refractivity (Wildman–Crippen MR) is 55.6 cm³/mol. The van der Waals surface area contributed by atoms with E-state index in [0.717, 1.165) is 24.8 Å². The minimum atomic E-state index is -0.216. The minimum absolute atomic E-state index is 0.216. The van der Waals surface area contributed by atoms with Gasteiger partial charge >= 0.3 is 5.97 Å². The molecule has 0 fully saturated rings. The Kier molecular flexibility index (Phi) is 3.02. The van der Waals surface area contributed by atoms with Crippen LogP contribution in [-0.2, 0) is 17.8 Å². The van der Waals surface area contributed by atoms with Crippen molar-refractivity contribution >= 4 is 5.97 Å². The lowest BCUT2D eigenvalue weighted by Crippen LogP contribution is -1.94. The average Bonchev–Trinajstić information content (AvgIpc) is 2.61. The summed E-state index contributed by atoms with van der Waals surface area (Å²) in [5.41, 5.74) is 2.89. The van der Waals surface area contributed by atoms with Crippen LogP contribution in [0.25, 0.3) is 0 Å². The number of benzene rings is 1. The van der Waals surface area contributed by atoms with E-state index in [2.05, 4.69) is 0 Å². The summed E-state index contributed by atoms with van der Waals surface area (Å²) in [7, 11) is 0. The van der Waals surface area contributed by atoms with Gasteiger partial charge in [-0.2, -0.15) is 0 Å². The minimum Gasteiger partial charge on any atom is -0.457 e. The van der Waals surface area contributed by atoms with Crippen LogP contribution in [0, 0.1) is 0 Å². The zero-order valence-electron chi connectivity index (χ0n) is 8.53. The zero-order chi connectivity index (χ0) is 10.7. The van der Waals surface area contributed by atoms with E-state index in [1.807, 2.05) is 18.2 Å². The normalized spacial score (nSPS) is 13.8. The first-order chi connectivity index (χ1) is 7.31. The fraction of sp³-hybridized carbons (Fsp3) is 0.417. The molecule has 1 heterocycles. The molecule has 0 spiro atoms. The first-order valence-corrected chi connectivity index (χ1v) is 5.21. The van der Waals surface area contributed by atoms with Crippen molar-refractivity contribution in [2.45, 2.75) is 25.9 Å². The fourth-order valence-electron chi connectivity index (χ4n) is 1.78. The van der Waals surface area contributed by atoms with Crippen LogP contribution >= 0.6 is 0 Å². The molecule has 0 unspecified atom stereocenters. The maximum Gasteiger partial charge on any atom is 0.338 e. The molecule has 0 aromatic heterocycles. The molecule has 3 nitrogen and oxygen atoms in total. The van der Waals surface area contributed by atoms with Gasteiger partial charge in [-0.15, -0.1) is 0 Å². The van der Waals surface area contributed by atoms with Crippen LogP contribution in [-0.4, -0.2) is 17.7 Å². The summed E-state index contributed by atoms with van der Waals surface area (Å²) in [5, 5.41) is 8.67. The number of unbranched alkanes of at least 4 members (excludes halogenated alkanes) is 1. The molecule has 3 heteroatoms. The standard InChI is InChI=1S/C12H14O3/c13-6-2-1-3-9-4-5-11-10(7-9)8-15-12(11)14/h4-5,7,13H,1-3,6,8H2. The molecule has 1 aromatic rings. The molecule has 1 aliphatic rings. The van der Waals surface area contributed by atoms with Crippen molar-refractivity contribution in [1.82, 2.24) is 0 Å². The maximum absolute atomic E-state index is 11.2. The first-order valence-electron chi connectivity index (χ1n) is 5.21. The second-order valence-corrected chi connectivity index (χ2v) is 3.75. The monoisotopic (exact) mass is 206 g/mol. The van der Waals surface area contributed by atoms with Gasteiger partial charge in [0.25, 0.3) is 0 Å². The highest BCUT2D eigenvalue weighted by Gasteiger charge is 2.20. The van der Waals surface area contributed by atoms with Crippen molar-refractivity contribution < 1.29 is 14.6 Å². The van der Waals surface area contributed by atoms with Gasteiger partial charge in [0.1, 0.15) is 6.61 Å². The van der Waals surface area contributed by atoms with E-state index in [9.17, 15) is 4.79 Å². The number of carbonyl (C=O) groups excluding carboxylic acids is 1. The summed E-state index contributed by atoms with van der Waals surface area (Å²) >= 11 is 0. The van der Waals surface area contributed by atoms with E-state index in [0.29, 0.717) is 12.2 Å². The van der Waals surface area contributed by atoms with Crippen LogP contribution in [0.5, 0.6) is 0 Å². The molecule has 0 saturated carbocycles. The summed E-state index contributed by atoms with van der Waals surface area (Å²) in [4.78, 5) is 11.2. The van der Waals surface area contributed by atoms with Crippen LogP contribution in [0.3, 0.4) is 0 Å². The Morgan fingerprint density at radius 2 is 2.20 bits per heavy atom. The number of aliphatic hydroxyl groups excluding tert-OH is 1. The quantitative estimate of drug-likeness (QED) is 0.602. The summed E-state index contributed by atoms with van der Waals surface area (Å²) < 4.78 is 4.92. The van der Waals surface area contributed by atoms with E-state index in [-0.39, 0.29) is 12.6 Å². The number of aliphatic hydroxyl groups is 1. The van der Waals surface area contributed by atoms with Gasteiger partial charge in [-0.3, -0.25) is 0 Å². The Morgan fingerprint density at radius 1 is 1.33 bits per heavy atom. The number of esters is 1. The van der Waals surface area contributed by atoms with Crippen molar-refractivity contribution in [1.29, 1.82) is 0 Å². The lowest BCUT2D eigenvalue weighted by atomic mass is 10.0. The van der Waals surface area contributed by atoms with E-state index in [1.54, 1.807) is 0 Å². The molecule has 15 heavy (non-hydrogen) atoms. The van der Waals surface area contributed by atoms with E-state index in [4.69, 9.17) is 9.84 Å². The smallest absolute Gasteiger partial charge is 0.338 e. The van der Waals surface area contributed by atoms with Crippen LogP contribution in [0.2, 0.25) is 0 Å². The van der Waals surface area contributed by atoms with Gasteiger partial charge < -0.3 is 9.84 Å². The summed E-state index contributed by atoms with van der Waals surface area (Å²) in [5.74, 6) is -0.216.